The molecule has 1 aliphatic rings. The Balaban J connectivity index is 2.27. The van der Waals surface area contributed by atoms with E-state index in [0.717, 1.165) is 25.3 Å². The van der Waals surface area contributed by atoms with Gasteiger partial charge >= 0.3 is 0 Å². The molecule has 1 N–H and O–H groups in total. The number of aliphatic hydroxyl groups is 1. The highest BCUT2D eigenvalue weighted by atomic mass is 35.5. The van der Waals surface area contributed by atoms with Crippen LogP contribution in [0.5, 0.6) is 0 Å². The van der Waals surface area contributed by atoms with Crippen LogP contribution in [0.1, 0.15) is 31.7 Å². The van der Waals surface area contributed by atoms with Gasteiger partial charge in [0, 0.05) is 25.7 Å². The van der Waals surface area contributed by atoms with E-state index < -0.39 is 6.10 Å². The molecule has 1 aliphatic heterocycles. The molecular formula is C13H23ClN4O. The Bertz CT molecular complexity index is 434. The topological polar surface area (TPSA) is 44.5 Å². The first-order chi connectivity index (χ1) is 8.91. The lowest BCUT2D eigenvalue weighted by Crippen LogP contribution is -2.52. The van der Waals surface area contributed by atoms with Crippen molar-refractivity contribution in [3.63, 3.8) is 0 Å². The van der Waals surface area contributed by atoms with Crippen molar-refractivity contribution in [2.24, 2.45) is 0 Å². The van der Waals surface area contributed by atoms with E-state index in [4.69, 9.17) is 11.6 Å². The van der Waals surface area contributed by atoms with Crippen molar-refractivity contribution >= 4 is 11.6 Å². The molecule has 108 valence electrons. The highest BCUT2D eigenvalue weighted by molar-refractivity contribution is 6.31. The minimum absolute atomic E-state index is 0.0467. The minimum Gasteiger partial charge on any atom is -0.385 e. The minimum atomic E-state index is -0.620. The summed E-state index contributed by atoms with van der Waals surface area (Å²) in [5.74, 6) is 0. The van der Waals surface area contributed by atoms with Crippen molar-refractivity contribution < 1.29 is 5.11 Å². The summed E-state index contributed by atoms with van der Waals surface area (Å²) in [5, 5.41) is 15.5. The third kappa shape index (κ3) is 2.94. The molecule has 0 bridgehead atoms. The van der Waals surface area contributed by atoms with Crippen molar-refractivity contribution in [1.29, 1.82) is 0 Å². The average molecular weight is 287 g/mol. The largest absolute Gasteiger partial charge is 0.385 e. The molecule has 0 aromatic carbocycles. The van der Waals surface area contributed by atoms with Gasteiger partial charge in [-0.2, -0.15) is 5.10 Å². The fourth-order valence-corrected chi connectivity index (χ4v) is 2.85. The Morgan fingerprint density at radius 2 is 2.05 bits per heavy atom. The zero-order chi connectivity index (χ0) is 14.2. The average Bonchev–Trinajstić information content (AvgIpc) is 2.73. The molecule has 0 spiro atoms. The van der Waals surface area contributed by atoms with Gasteiger partial charge < -0.3 is 10.0 Å². The second-order valence-electron chi connectivity index (χ2n) is 5.67. The summed E-state index contributed by atoms with van der Waals surface area (Å²) in [5.41, 5.74) is 0.726. The molecule has 1 fully saturated rings. The molecule has 5 nitrogen and oxygen atoms in total. The highest BCUT2D eigenvalue weighted by Crippen LogP contribution is 2.30. The summed E-state index contributed by atoms with van der Waals surface area (Å²) in [6.07, 6.45) is 0.997. The van der Waals surface area contributed by atoms with E-state index in [0.29, 0.717) is 5.02 Å². The quantitative estimate of drug-likeness (QED) is 0.912. The predicted molar refractivity (Wildman–Crippen MR) is 76.5 cm³/mol. The van der Waals surface area contributed by atoms with Crippen LogP contribution < -0.4 is 0 Å². The van der Waals surface area contributed by atoms with Gasteiger partial charge in [-0.25, -0.2) is 0 Å². The molecule has 2 unspecified atom stereocenters. The lowest BCUT2D eigenvalue weighted by molar-refractivity contribution is 0.00905. The van der Waals surface area contributed by atoms with E-state index in [2.05, 4.69) is 21.9 Å². The summed E-state index contributed by atoms with van der Waals surface area (Å²) in [4.78, 5) is 4.43. The van der Waals surface area contributed by atoms with E-state index >= 15 is 0 Å². The molecule has 2 atom stereocenters. The Labute approximate surface area is 119 Å². The Morgan fingerprint density at radius 3 is 2.68 bits per heavy atom. The Morgan fingerprint density at radius 1 is 1.37 bits per heavy atom. The third-order valence-corrected chi connectivity index (χ3v) is 4.11. The Hall–Kier alpha value is -0.620. The van der Waals surface area contributed by atoms with Crippen LogP contribution in [-0.4, -0.2) is 64.5 Å². The maximum Gasteiger partial charge on any atom is 0.114 e. The van der Waals surface area contributed by atoms with Gasteiger partial charge in [0.2, 0.25) is 0 Å². The summed E-state index contributed by atoms with van der Waals surface area (Å²) < 4.78 is 1.81. The predicted octanol–water partition coefficient (Wildman–Crippen LogP) is 1.40. The molecule has 1 aromatic rings. The molecule has 19 heavy (non-hydrogen) atoms. The maximum atomic E-state index is 10.7. The van der Waals surface area contributed by atoms with Crippen LogP contribution in [0, 0.1) is 0 Å². The molecule has 0 aliphatic carbocycles. The number of likely N-dealkylation sites (N-methyl/N-ethyl adjacent to an activating group) is 2. The van der Waals surface area contributed by atoms with Crippen LogP contribution in [-0.2, 0) is 0 Å². The summed E-state index contributed by atoms with van der Waals surface area (Å²) >= 11 is 6.21. The number of rotatable bonds is 3. The Kier molecular flexibility index (Phi) is 4.50. The number of piperazine rings is 1. The van der Waals surface area contributed by atoms with Gasteiger partial charge in [-0.05, 0) is 27.9 Å². The standard InChI is InChI=1S/C13H23ClN4O/c1-9(2)18-12(10(14)7-15-18)13(19)11-8-16(3)5-6-17(11)4/h7,9,11,13,19H,5-6,8H2,1-4H3. The highest BCUT2D eigenvalue weighted by Gasteiger charge is 2.33. The van der Waals surface area contributed by atoms with Gasteiger partial charge in [-0.1, -0.05) is 11.6 Å². The number of aromatic nitrogens is 2. The van der Waals surface area contributed by atoms with Gasteiger partial charge in [0.1, 0.15) is 6.10 Å². The SMILES string of the molecule is CC(C)n1ncc(Cl)c1C(O)C1CN(C)CCN1C. The van der Waals surface area contributed by atoms with Crippen LogP contribution in [0.3, 0.4) is 0 Å². The van der Waals surface area contributed by atoms with Gasteiger partial charge in [-0.3, -0.25) is 9.58 Å². The van der Waals surface area contributed by atoms with Crippen molar-refractivity contribution in [3.05, 3.63) is 16.9 Å². The maximum absolute atomic E-state index is 10.7. The molecule has 1 saturated heterocycles. The van der Waals surface area contributed by atoms with E-state index in [1.165, 1.54) is 0 Å². The van der Waals surface area contributed by atoms with Crippen molar-refractivity contribution in [3.8, 4) is 0 Å². The smallest absolute Gasteiger partial charge is 0.114 e. The van der Waals surface area contributed by atoms with Crippen LogP contribution in [0.15, 0.2) is 6.20 Å². The van der Waals surface area contributed by atoms with Gasteiger partial charge in [0.25, 0.3) is 0 Å². The van der Waals surface area contributed by atoms with Gasteiger partial charge in [-0.15, -0.1) is 0 Å². The van der Waals surface area contributed by atoms with Gasteiger partial charge in [0.05, 0.1) is 23.0 Å². The van der Waals surface area contributed by atoms with Crippen LogP contribution >= 0.6 is 11.6 Å². The van der Waals surface area contributed by atoms with E-state index in [-0.39, 0.29) is 12.1 Å². The first kappa shape index (κ1) is 14.8. The second-order valence-corrected chi connectivity index (χ2v) is 6.08. The summed E-state index contributed by atoms with van der Waals surface area (Å²) in [6.45, 7) is 6.88. The fraction of sp³-hybridized carbons (Fsp3) is 0.769. The lowest BCUT2D eigenvalue weighted by Gasteiger charge is -2.40. The molecule has 0 radical (unpaired) electrons. The lowest BCUT2D eigenvalue weighted by atomic mass is 10.0. The first-order valence-electron chi connectivity index (χ1n) is 6.71. The van der Waals surface area contributed by atoms with Crippen molar-refractivity contribution in [2.75, 3.05) is 33.7 Å². The monoisotopic (exact) mass is 286 g/mol. The summed E-state index contributed by atoms with van der Waals surface area (Å²) in [6, 6.07) is 0.231. The number of hydrogen-bond donors (Lipinski definition) is 1. The second kappa shape index (κ2) is 5.79. The van der Waals surface area contributed by atoms with Crippen LogP contribution in [0.4, 0.5) is 0 Å². The van der Waals surface area contributed by atoms with Crippen molar-refractivity contribution in [1.82, 2.24) is 19.6 Å². The normalized spacial score (nSPS) is 24.1. The summed E-state index contributed by atoms with van der Waals surface area (Å²) in [7, 11) is 4.12. The molecule has 2 rings (SSSR count). The molecule has 0 amide bonds. The van der Waals surface area contributed by atoms with E-state index in [1.807, 2.05) is 25.6 Å². The number of nitrogens with zero attached hydrogens (tertiary/aromatic N) is 4. The molecule has 2 heterocycles. The van der Waals surface area contributed by atoms with E-state index in [1.54, 1.807) is 6.20 Å². The van der Waals surface area contributed by atoms with Gasteiger partial charge in [0.15, 0.2) is 0 Å². The zero-order valence-corrected chi connectivity index (χ0v) is 12.8. The first-order valence-corrected chi connectivity index (χ1v) is 7.09. The number of hydrogen-bond acceptors (Lipinski definition) is 4. The molecule has 6 heteroatoms. The number of aliphatic hydroxyl groups excluding tert-OH is 1. The van der Waals surface area contributed by atoms with E-state index in [9.17, 15) is 5.11 Å². The van der Waals surface area contributed by atoms with Crippen molar-refractivity contribution in [2.45, 2.75) is 32.0 Å². The zero-order valence-electron chi connectivity index (χ0n) is 12.0. The third-order valence-electron chi connectivity index (χ3n) is 3.82. The number of halogens is 1. The van der Waals surface area contributed by atoms with Crippen LogP contribution in [0.2, 0.25) is 5.02 Å². The fourth-order valence-electron chi connectivity index (χ4n) is 2.61. The molecular weight excluding hydrogens is 264 g/mol. The molecule has 0 saturated carbocycles. The molecule has 1 aromatic heterocycles. The van der Waals surface area contributed by atoms with Crippen LogP contribution in [0.25, 0.3) is 0 Å².